The van der Waals surface area contributed by atoms with E-state index in [0.717, 1.165) is 13.0 Å². The molecule has 19 heavy (non-hydrogen) atoms. The van der Waals surface area contributed by atoms with Crippen LogP contribution in [0.5, 0.6) is 0 Å². The van der Waals surface area contributed by atoms with Crippen LogP contribution in [-0.2, 0) is 22.5 Å². The monoisotopic (exact) mass is 262 g/mol. The number of nitrogens with zero attached hydrogens (tertiary/aromatic N) is 1. The van der Waals surface area contributed by atoms with Crippen molar-refractivity contribution >= 4 is 11.7 Å². The van der Waals surface area contributed by atoms with Crippen molar-refractivity contribution in [2.45, 2.75) is 32.4 Å². The second-order valence-corrected chi connectivity index (χ2v) is 5.11. The number of carbonyl (C=O) groups excluding carboxylic acids is 1. The molecule has 1 heterocycles. The van der Waals surface area contributed by atoms with Gasteiger partial charge in [-0.15, -0.1) is 0 Å². The highest BCUT2D eigenvalue weighted by Crippen LogP contribution is 2.26. The molecule has 0 fully saturated rings. The SMILES string of the molecule is COC(=O)C(C)NCc1ccc2c(c1)CCCN2C. The van der Waals surface area contributed by atoms with Crippen molar-refractivity contribution in [3.63, 3.8) is 0 Å². The predicted molar refractivity (Wildman–Crippen MR) is 76.4 cm³/mol. The number of hydrogen-bond acceptors (Lipinski definition) is 4. The fourth-order valence-corrected chi connectivity index (χ4v) is 2.48. The number of aryl methyl sites for hydroxylation is 1. The Bertz CT molecular complexity index is 459. The van der Waals surface area contributed by atoms with Crippen molar-refractivity contribution < 1.29 is 9.53 Å². The number of anilines is 1. The van der Waals surface area contributed by atoms with E-state index >= 15 is 0 Å². The summed E-state index contributed by atoms with van der Waals surface area (Å²) in [5, 5.41) is 3.18. The standard InChI is InChI=1S/C15H22N2O2/c1-11(15(18)19-3)16-10-12-6-7-14-13(9-12)5-4-8-17(14)2/h6-7,9,11,16H,4-5,8,10H2,1-3H3. The molecule has 0 saturated carbocycles. The third-order valence-corrected chi connectivity index (χ3v) is 3.66. The van der Waals surface area contributed by atoms with Gasteiger partial charge in [0.25, 0.3) is 0 Å². The molecule has 1 N–H and O–H groups in total. The average molecular weight is 262 g/mol. The lowest BCUT2D eigenvalue weighted by Gasteiger charge is -2.28. The van der Waals surface area contributed by atoms with Gasteiger partial charge in [-0.05, 0) is 37.0 Å². The second kappa shape index (κ2) is 6.06. The van der Waals surface area contributed by atoms with Crippen LogP contribution in [0.2, 0.25) is 0 Å². The molecule has 0 aromatic heterocycles. The van der Waals surface area contributed by atoms with Gasteiger partial charge in [0.15, 0.2) is 0 Å². The zero-order chi connectivity index (χ0) is 13.8. The van der Waals surface area contributed by atoms with Crippen LogP contribution in [0.25, 0.3) is 0 Å². The first-order valence-electron chi connectivity index (χ1n) is 6.76. The maximum atomic E-state index is 11.3. The van der Waals surface area contributed by atoms with Gasteiger partial charge in [-0.3, -0.25) is 4.79 Å². The molecule has 0 radical (unpaired) electrons. The van der Waals surface area contributed by atoms with E-state index < -0.39 is 0 Å². The summed E-state index contributed by atoms with van der Waals surface area (Å²) in [6, 6.07) is 6.26. The summed E-state index contributed by atoms with van der Waals surface area (Å²) in [6.45, 7) is 3.63. The molecule has 1 aromatic rings. The zero-order valence-corrected chi connectivity index (χ0v) is 11.9. The Morgan fingerprint density at radius 1 is 1.53 bits per heavy atom. The number of carbonyl (C=O) groups is 1. The lowest BCUT2D eigenvalue weighted by molar-refractivity contribution is -0.142. The number of nitrogens with one attached hydrogen (secondary N) is 1. The molecule has 4 nitrogen and oxygen atoms in total. The molecule has 0 bridgehead atoms. The summed E-state index contributed by atoms with van der Waals surface area (Å²) >= 11 is 0. The Kier molecular flexibility index (Phi) is 4.43. The van der Waals surface area contributed by atoms with E-state index in [2.05, 4.69) is 35.5 Å². The Balaban J connectivity index is 2.00. The Labute approximate surface area is 114 Å². The van der Waals surface area contributed by atoms with Gasteiger partial charge in [0, 0.05) is 25.8 Å². The van der Waals surface area contributed by atoms with Crippen molar-refractivity contribution in [2.24, 2.45) is 0 Å². The molecule has 0 amide bonds. The first-order valence-corrected chi connectivity index (χ1v) is 6.76. The van der Waals surface area contributed by atoms with Crippen LogP contribution < -0.4 is 10.2 Å². The molecule has 1 atom stereocenters. The number of rotatable bonds is 4. The molecule has 0 saturated heterocycles. The quantitative estimate of drug-likeness (QED) is 0.839. The van der Waals surface area contributed by atoms with E-state index in [9.17, 15) is 4.79 Å². The number of fused-ring (bicyclic) bond motifs is 1. The summed E-state index contributed by atoms with van der Waals surface area (Å²) in [7, 11) is 3.55. The highest BCUT2D eigenvalue weighted by molar-refractivity contribution is 5.75. The number of esters is 1. The number of ether oxygens (including phenoxy) is 1. The molecule has 1 aromatic carbocycles. The third-order valence-electron chi connectivity index (χ3n) is 3.66. The van der Waals surface area contributed by atoms with E-state index in [1.165, 1.54) is 30.3 Å². The Hall–Kier alpha value is -1.55. The fourth-order valence-electron chi connectivity index (χ4n) is 2.48. The minimum absolute atomic E-state index is 0.224. The van der Waals surface area contributed by atoms with Crippen LogP contribution >= 0.6 is 0 Å². The lowest BCUT2D eigenvalue weighted by atomic mass is 9.99. The van der Waals surface area contributed by atoms with E-state index in [4.69, 9.17) is 4.74 Å². The van der Waals surface area contributed by atoms with E-state index in [1.807, 2.05) is 6.92 Å². The lowest BCUT2D eigenvalue weighted by Crippen LogP contribution is -2.34. The van der Waals surface area contributed by atoms with Crippen molar-refractivity contribution in [3.8, 4) is 0 Å². The van der Waals surface area contributed by atoms with Gasteiger partial charge in [-0.1, -0.05) is 12.1 Å². The van der Waals surface area contributed by atoms with Gasteiger partial charge in [-0.25, -0.2) is 0 Å². The molecule has 1 unspecified atom stereocenters. The normalized spacial score (nSPS) is 15.8. The average Bonchev–Trinajstić information content (AvgIpc) is 2.44. The smallest absolute Gasteiger partial charge is 0.322 e. The first kappa shape index (κ1) is 13.9. The predicted octanol–water partition coefficient (Wildman–Crippen LogP) is 1.72. The number of benzene rings is 1. The summed E-state index contributed by atoms with van der Waals surface area (Å²) in [6.07, 6.45) is 2.35. The Morgan fingerprint density at radius 2 is 2.32 bits per heavy atom. The van der Waals surface area contributed by atoms with Crippen molar-refractivity contribution in [3.05, 3.63) is 29.3 Å². The minimum Gasteiger partial charge on any atom is -0.468 e. The van der Waals surface area contributed by atoms with Crippen LogP contribution in [0.15, 0.2) is 18.2 Å². The maximum Gasteiger partial charge on any atom is 0.322 e. The van der Waals surface area contributed by atoms with E-state index in [0.29, 0.717) is 6.54 Å². The molecule has 0 spiro atoms. The molecule has 2 rings (SSSR count). The number of methoxy groups -OCH3 is 1. The van der Waals surface area contributed by atoms with Gasteiger partial charge >= 0.3 is 5.97 Å². The molecule has 0 aliphatic carbocycles. The van der Waals surface area contributed by atoms with E-state index in [-0.39, 0.29) is 12.0 Å². The van der Waals surface area contributed by atoms with Crippen molar-refractivity contribution in [1.82, 2.24) is 5.32 Å². The van der Waals surface area contributed by atoms with Gasteiger partial charge in [0.2, 0.25) is 0 Å². The fraction of sp³-hybridized carbons (Fsp3) is 0.533. The minimum atomic E-state index is -0.274. The molecule has 104 valence electrons. The van der Waals surface area contributed by atoms with Gasteiger partial charge in [0.1, 0.15) is 6.04 Å². The molecular formula is C15H22N2O2. The van der Waals surface area contributed by atoms with Crippen LogP contribution in [0.3, 0.4) is 0 Å². The molecule has 4 heteroatoms. The molecular weight excluding hydrogens is 240 g/mol. The van der Waals surface area contributed by atoms with Gasteiger partial charge in [0.05, 0.1) is 7.11 Å². The molecule has 1 aliphatic heterocycles. The number of hydrogen-bond donors (Lipinski definition) is 1. The largest absolute Gasteiger partial charge is 0.468 e. The Morgan fingerprint density at radius 3 is 3.05 bits per heavy atom. The van der Waals surface area contributed by atoms with Crippen LogP contribution in [0.4, 0.5) is 5.69 Å². The second-order valence-electron chi connectivity index (χ2n) is 5.11. The summed E-state index contributed by atoms with van der Waals surface area (Å²) in [4.78, 5) is 13.6. The summed E-state index contributed by atoms with van der Waals surface area (Å²) in [5.41, 5.74) is 3.94. The highest BCUT2D eigenvalue weighted by atomic mass is 16.5. The summed E-state index contributed by atoms with van der Waals surface area (Å²) in [5.74, 6) is -0.224. The van der Waals surface area contributed by atoms with Crippen LogP contribution in [0.1, 0.15) is 24.5 Å². The topological polar surface area (TPSA) is 41.6 Å². The summed E-state index contributed by atoms with van der Waals surface area (Å²) < 4.78 is 4.70. The van der Waals surface area contributed by atoms with Crippen LogP contribution in [0, 0.1) is 0 Å². The first-order chi connectivity index (χ1) is 9.11. The van der Waals surface area contributed by atoms with Crippen LogP contribution in [-0.4, -0.2) is 32.7 Å². The molecule has 1 aliphatic rings. The van der Waals surface area contributed by atoms with Gasteiger partial charge in [-0.2, -0.15) is 0 Å². The maximum absolute atomic E-state index is 11.3. The van der Waals surface area contributed by atoms with Crippen molar-refractivity contribution in [2.75, 3.05) is 25.6 Å². The highest BCUT2D eigenvalue weighted by Gasteiger charge is 2.15. The zero-order valence-electron chi connectivity index (χ0n) is 11.9. The van der Waals surface area contributed by atoms with Crippen molar-refractivity contribution in [1.29, 1.82) is 0 Å². The van der Waals surface area contributed by atoms with Gasteiger partial charge < -0.3 is 15.0 Å². The third kappa shape index (κ3) is 3.26. The van der Waals surface area contributed by atoms with E-state index in [1.54, 1.807) is 0 Å².